The van der Waals surface area contributed by atoms with Gasteiger partial charge in [0.15, 0.2) is 5.78 Å². The molecule has 0 amide bonds. The molecular formula is C14H14FNO2S. The number of halogens is 1. The van der Waals surface area contributed by atoms with Crippen LogP contribution in [0.1, 0.15) is 29.9 Å². The molecular weight excluding hydrogens is 265 g/mol. The first kappa shape index (κ1) is 13.7. The van der Waals surface area contributed by atoms with E-state index in [0.717, 1.165) is 11.3 Å². The van der Waals surface area contributed by atoms with E-state index in [9.17, 15) is 14.3 Å². The van der Waals surface area contributed by atoms with Crippen LogP contribution in [0.5, 0.6) is 5.88 Å². The lowest BCUT2D eigenvalue weighted by molar-refractivity contribution is 0.0969. The van der Waals surface area contributed by atoms with Crippen LogP contribution < -0.4 is 0 Å². The van der Waals surface area contributed by atoms with Gasteiger partial charge in [-0.2, -0.15) is 0 Å². The largest absolute Gasteiger partial charge is 0.492 e. The molecule has 1 aromatic carbocycles. The molecule has 2 aromatic rings. The number of carbonyl (C=O) groups is 1. The number of thiazole rings is 1. The van der Waals surface area contributed by atoms with Gasteiger partial charge in [-0.15, -0.1) is 11.3 Å². The summed E-state index contributed by atoms with van der Waals surface area (Å²) < 4.78 is 13.1. The molecule has 1 aromatic heterocycles. The number of hydrogen-bond acceptors (Lipinski definition) is 4. The number of rotatable bonds is 4. The summed E-state index contributed by atoms with van der Waals surface area (Å²) >= 11 is 1.09. The van der Waals surface area contributed by atoms with Crippen LogP contribution in [-0.2, 0) is 0 Å². The van der Waals surface area contributed by atoms with Gasteiger partial charge in [0, 0.05) is 12.0 Å². The van der Waals surface area contributed by atoms with Crippen LogP contribution >= 0.6 is 11.3 Å². The van der Waals surface area contributed by atoms with Gasteiger partial charge < -0.3 is 5.11 Å². The Bertz CT molecular complexity index is 607. The average Bonchev–Trinajstić information content (AvgIpc) is 2.70. The van der Waals surface area contributed by atoms with Crippen molar-refractivity contribution in [3.05, 3.63) is 35.0 Å². The fourth-order valence-electron chi connectivity index (χ4n) is 1.70. The number of benzene rings is 1. The summed E-state index contributed by atoms with van der Waals surface area (Å²) in [6.45, 7) is 3.87. The smallest absolute Gasteiger partial charge is 0.233 e. The molecule has 0 fully saturated rings. The zero-order valence-electron chi connectivity index (χ0n) is 10.7. The maximum absolute atomic E-state index is 13.1. The summed E-state index contributed by atoms with van der Waals surface area (Å²) in [5, 5.41) is 10.2. The molecule has 2 rings (SSSR count). The van der Waals surface area contributed by atoms with E-state index in [2.05, 4.69) is 4.98 Å². The van der Waals surface area contributed by atoms with E-state index in [4.69, 9.17) is 0 Å². The summed E-state index contributed by atoms with van der Waals surface area (Å²) in [6, 6.07) is 5.92. The van der Waals surface area contributed by atoms with E-state index in [1.165, 1.54) is 12.1 Å². The predicted molar refractivity (Wildman–Crippen MR) is 73.0 cm³/mol. The number of Topliss-reactive ketones (excluding diaryl/α,β-unsaturated/α-hetero) is 1. The minimum absolute atomic E-state index is 0.132. The molecule has 3 nitrogen and oxygen atoms in total. The Kier molecular flexibility index (Phi) is 3.95. The van der Waals surface area contributed by atoms with E-state index in [0.29, 0.717) is 17.0 Å². The van der Waals surface area contributed by atoms with E-state index in [-0.39, 0.29) is 28.3 Å². The van der Waals surface area contributed by atoms with Gasteiger partial charge in [-0.3, -0.25) is 4.79 Å². The second-order valence-corrected chi connectivity index (χ2v) is 5.70. The van der Waals surface area contributed by atoms with E-state index in [1.54, 1.807) is 12.1 Å². The molecule has 5 heteroatoms. The van der Waals surface area contributed by atoms with E-state index < -0.39 is 0 Å². The van der Waals surface area contributed by atoms with Crippen LogP contribution in [0.15, 0.2) is 24.3 Å². The Balaban J connectivity index is 2.33. The third-order valence-electron chi connectivity index (χ3n) is 2.53. The molecule has 0 radical (unpaired) electrons. The number of carbonyl (C=O) groups excluding carboxylic acids is 1. The molecule has 0 aliphatic heterocycles. The van der Waals surface area contributed by atoms with Crippen molar-refractivity contribution in [2.24, 2.45) is 5.92 Å². The minimum atomic E-state index is -0.373. The van der Waals surface area contributed by atoms with Gasteiger partial charge in [-0.05, 0) is 18.1 Å². The first-order valence-electron chi connectivity index (χ1n) is 5.96. The summed E-state index contributed by atoms with van der Waals surface area (Å²) in [6.07, 6.45) is 0.359. The zero-order chi connectivity index (χ0) is 14.0. The van der Waals surface area contributed by atoms with E-state index >= 15 is 0 Å². The highest BCUT2D eigenvalue weighted by atomic mass is 32.1. The molecule has 0 aliphatic rings. The summed E-state index contributed by atoms with van der Waals surface area (Å²) in [5.41, 5.74) is 0.559. The highest BCUT2D eigenvalue weighted by Crippen LogP contribution is 2.33. The zero-order valence-corrected chi connectivity index (χ0v) is 11.5. The van der Waals surface area contributed by atoms with Crippen molar-refractivity contribution >= 4 is 17.1 Å². The molecule has 0 spiro atoms. The molecule has 1 heterocycles. The number of aromatic hydroxyl groups is 1. The molecule has 0 saturated heterocycles. The van der Waals surface area contributed by atoms with Gasteiger partial charge >= 0.3 is 0 Å². The van der Waals surface area contributed by atoms with Crippen molar-refractivity contribution in [3.8, 4) is 16.5 Å². The molecule has 100 valence electrons. The molecule has 0 unspecified atom stereocenters. The molecule has 19 heavy (non-hydrogen) atoms. The predicted octanol–water partition coefficient (Wildman–Crippen LogP) is 3.88. The van der Waals surface area contributed by atoms with E-state index in [1.807, 2.05) is 13.8 Å². The second-order valence-electron chi connectivity index (χ2n) is 4.70. The highest BCUT2D eigenvalue weighted by Gasteiger charge is 2.19. The molecule has 0 saturated carbocycles. The number of nitrogens with zero attached hydrogens (tertiary/aromatic N) is 1. The molecule has 1 N–H and O–H groups in total. The molecule has 0 bridgehead atoms. The quantitative estimate of drug-likeness (QED) is 0.864. The average molecular weight is 279 g/mol. The van der Waals surface area contributed by atoms with Crippen molar-refractivity contribution in [2.75, 3.05) is 0 Å². The molecule has 0 aliphatic carbocycles. The van der Waals surface area contributed by atoms with Gasteiger partial charge in [0.25, 0.3) is 0 Å². The SMILES string of the molecule is CC(C)CC(=O)c1sc(-c2cccc(F)c2)nc1O. The van der Waals surface area contributed by atoms with Crippen molar-refractivity contribution in [1.82, 2.24) is 4.98 Å². The fraction of sp³-hybridized carbons (Fsp3) is 0.286. The Morgan fingerprint density at radius 2 is 2.21 bits per heavy atom. The van der Waals surface area contributed by atoms with Gasteiger partial charge in [0.05, 0.1) is 0 Å². The van der Waals surface area contributed by atoms with Gasteiger partial charge in [0.2, 0.25) is 5.88 Å². The maximum Gasteiger partial charge on any atom is 0.233 e. The summed E-state index contributed by atoms with van der Waals surface area (Å²) in [5.74, 6) is -0.559. The maximum atomic E-state index is 13.1. The van der Waals surface area contributed by atoms with Crippen molar-refractivity contribution in [3.63, 3.8) is 0 Å². The Morgan fingerprint density at radius 1 is 1.47 bits per heavy atom. The molecule has 0 atom stereocenters. The Morgan fingerprint density at radius 3 is 2.84 bits per heavy atom. The van der Waals surface area contributed by atoms with Crippen LogP contribution in [-0.4, -0.2) is 15.9 Å². The monoisotopic (exact) mass is 279 g/mol. The number of hydrogen-bond donors (Lipinski definition) is 1. The highest BCUT2D eigenvalue weighted by molar-refractivity contribution is 7.17. The van der Waals surface area contributed by atoms with Crippen molar-refractivity contribution < 1.29 is 14.3 Å². The second kappa shape index (κ2) is 5.48. The van der Waals surface area contributed by atoms with Crippen LogP contribution in [0.3, 0.4) is 0 Å². The number of ketones is 1. The van der Waals surface area contributed by atoms with Crippen LogP contribution in [0.25, 0.3) is 10.6 Å². The van der Waals surface area contributed by atoms with Crippen molar-refractivity contribution in [2.45, 2.75) is 20.3 Å². The standard InChI is InChI=1S/C14H14FNO2S/c1-8(2)6-11(17)12-13(18)16-14(19-12)9-4-3-5-10(15)7-9/h3-5,7-8,18H,6H2,1-2H3. The van der Waals surface area contributed by atoms with Crippen LogP contribution in [0.2, 0.25) is 0 Å². The topological polar surface area (TPSA) is 50.2 Å². The lowest BCUT2D eigenvalue weighted by atomic mass is 10.1. The van der Waals surface area contributed by atoms with Crippen molar-refractivity contribution in [1.29, 1.82) is 0 Å². The summed E-state index contributed by atoms with van der Waals surface area (Å²) in [7, 11) is 0. The first-order valence-corrected chi connectivity index (χ1v) is 6.78. The Labute approximate surface area is 114 Å². The number of aromatic nitrogens is 1. The van der Waals surface area contributed by atoms with Crippen LogP contribution in [0.4, 0.5) is 4.39 Å². The van der Waals surface area contributed by atoms with Gasteiger partial charge in [0.1, 0.15) is 15.7 Å². The van der Waals surface area contributed by atoms with Gasteiger partial charge in [-0.1, -0.05) is 26.0 Å². The first-order chi connectivity index (χ1) is 8.97. The third-order valence-corrected chi connectivity index (χ3v) is 3.66. The fourth-order valence-corrected chi connectivity index (χ4v) is 2.61. The summed E-state index contributed by atoms with van der Waals surface area (Å²) in [4.78, 5) is 16.1. The Hall–Kier alpha value is -1.75. The minimum Gasteiger partial charge on any atom is -0.492 e. The van der Waals surface area contributed by atoms with Crippen LogP contribution in [0, 0.1) is 11.7 Å². The lowest BCUT2D eigenvalue weighted by Crippen LogP contribution is -2.01. The third kappa shape index (κ3) is 3.17. The normalized spacial score (nSPS) is 10.9. The lowest BCUT2D eigenvalue weighted by Gasteiger charge is -2.00. The van der Waals surface area contributed by atoms with Gasteiger partial charge in [-0.25, -0.2) is 9.37 Å².